The number of β-lactam (4-membered cyclic amide) rings is 1. The SMILES string of the molecule is CC(C)(O/N=C(\C(=O)C[C@@H]1C(=O)N2C(C(=O)O)=C(/C=C/c3ccc(CCl)cc3)CS[C@H]12)c1nsc(N)n1)C(=O)O. The molecular weight excluding hydrogens is 582 g/mol. The van der Waals surface area contributed by atoms with Crippen molar-refractivity contribution in [3.8, 4) is 0 Å². The van der Waals surface area contributed by atoms with Crippen LogP contribution in [0, 0.1) is 5.92 Å². The summed E-state index contributed by atoms with van der Waals surface area (Å²) in [5.41, 5.74) is 5.61. The van der Waals surface area contributed by atoms with Crippen LogP contribution in [-0.2, 0) is 29.9 Å². The molecule has 12 nitrogen and oxygen atoms in total. The summed E-state index contributed by atoms with van der Waals surface area (Å²) in [7, 11) is 0. The Bertz CT molecular complexity index is 1450. The molecule has 3 heterocycles. The Hall–Kier alpha value is -3.75. The van der Waals surface area contributed by atoms with Crippen LogP contribution in [0.2, 0.25) is 0 Å². The number of aromatic nitrogens is 2. The molecule has 210 valence electrons. The molecule has 2 aliphatic heterocycles. The minimum absolute atomic E-state index is 0.0496. The van der Waals surface area contributed by atoms with Gasteiger partial charge in [-0.15, -0.1) is 23.4 Å². The number of carbonyl (C=O) groups excluding carboxylic acids is 2. The molecule has 0 spiro atoms. The van der Waals surface area contributed by atoms with Crippen molar-refractivity contribution in [1.82, 2.24) is 14.3 Å². The van der Waals surface area contributed by atoms with Crippen molar-refractivity contribution in [2.75, 3.05) is 11.5 Å². The average molecular weight is 606 g/mol. The molecule has 1 aromatic heterocycles. The van der Waals surface area contributed by atoms with E-state index in [1.54, 1.807) is 12.2 Å². The van der Waals surface area contributed by atoms with Crippen molar-refractivity contribution < 1.29 is 34.2 Å². The number of nitrogens with zero attached hydrogens (tertiary/aromatic N) is 4. The Morgan fingerprint density at radius 1 is 1.25 bits per heavy atom. The van der Waals surface area contributed by atoms with E-state index in [2.05, 4.69) is 14.5 Å². The van der Waals surface area contributed by atoms with Gasteiger partial charge in [0.05, 0.1) is 11.3 Å². The van der Waals surface area contributed by atoms with E-state index in [0.29, 0.717) is 17.2 Å². The van der Waals surface area contributed by atoms with Crippen LogP contribution in [0.3, 0.4) is 0 Å². The molecule has 1 fully saturated rings. The first-order valence-electron chi connectivity index (χ1n) is 11.8. The molecule has 4 rings (SSSR count). The molecule has 0 radical (unpaired) electrons. The van der Waals surface area contributed by atoms with Gasteiger partial charge < -0.3 is 20.8 Å². The number of fused-ring (bicyclic) bond motifs is 1. The third-order valence-electron chi connectivity index (χ3n) is 6.12. The monoisotopic (exact) mass is 605 g/mol. The molecule has 1 amide bonds. The highest BCUT2D eigenvalue weighted by atomic mass is 35.5. The van der Waals surface area contributed by atoms with Gasteiger partial charge >= 0.3 is 11.9 Å². The molecule has 1 aromatic carbocycles. The molecule has 40 heavy (non-hydrogen) atoms. The van der Waals surface area contributed by atoms with E-state index in [-0.39, 0.29) is 28.8 Å². The van der Waals surface area contributed by atoms with Crippen LogP contribution in [0.4, 0.5) is 5.13 Å². The molecule has 0 saturated carbocycles. The van der Waals surface area contributed by atoms with E-state index in [1.165, 1.54) is 30.5 Å². The summed E-state index contributed by atoms with van der Waals surface area (Å²) in [6, 6.07) is 7.45. The summed E-state index contributed by atoms with van der Waals surface area (Å²) in [6.45, 7) is 2.49. The number of allylic oxidation sites excluding steroid dienone is 1. The van der Waals surface area contributed by atoms with Gasteiger partial charge in [-0.1, -0.05) is 41.6 Å². The van der Waals surface area contributed by atoms with Gasteiger partial charge in [-0.05, 0) is 30.5 Å². The highest BCUT2D eigenvalue weighted by Crippen LogP contribution is 2.45. The molecule has 4 N–H and O–H groups in total. The quantitative estimate of drug-likeness (QED) is 0.148. The van der Waals surface area contributed by atoms with E-state index in [9.17, 15) is 29.4 Å². The van der Waals surface area contributed by atoms with Gasteiger partial charge in [0.1, 0.15) is 5.70 Å². The van der Waals surface area contributed by atoms with Gasteiger partial charge in [0.25, 0.3) is 0 Å². The zero-order chi connectivity index (χ0) is 29.2. The molecular formula is C25H24ClN5O7S2. The molecule has 1 saturated heterocycles. The van der Waals surface area contributed by atoms with E-state index >= 15 is 0 Å². The van der Waals surface area contributed by atoms with Crippen LogP contribution < -0.4 is 5.73 Å². The van der Waals surface area contributed by atoms with Crippen molar-refractivity contribution in [3.05, 3.63) is 58.6 Å². The lowest BCUT2D eigenvalue weighted by atomic mass is 9.89. The molecule has 2 aliphatic rings. The second kappa shape index (κ2) is 11.8. The maximum atomic E-state index is 13.2. The van der Waals surface area contributed by atoms with Gasteiger partial charge in [0.15, 0.2) is 16.6 Å². The third-order valence-corrected chi connectivity index (χ3v) is 8.33. The number of nitrogens with two attached hydrogens (primary N) is 1. The number of amides is 1. The Labute approximate surface area is 241 Å². The van der Waals surface area contributed by atoms with Crippen LogP contribution >= 0.6 is 34.9 Å². The Kier molecular flexibility index (Phi) is 8.61. The molecule has 0 aliphatic carbocycles. The number of thioether (sulfide) groups is 1. The van der Waals surface area contributed by atoms with Crippen LogP contribution in [-0.4, -0.2) is 70.5 Å². The number of rotatable bonds is 11. The van der Waals surface area contributed by atoms with Crippen LogP contribution in [0.1, 0.15) is 37.2 Å². The summed E-state index contributed by atoms with van der Waals surface area (Å²) < 4.78 is 3.96. The second-order valence-electron chi connectivity index (χ2n) is 9.33. The van der Waals surface area contributed by atoms with Crippen molar-refractivity contribution >= 4 is 75.4 Å². The number of carboxylic acid groups (broad SMARTS) is 2. The van der Waals surface area contributed by atoms with Gasteiger partial charge in [-0.3, -0.25) is 14.5 Å². The fraction of sp³-hybridized carbons (Fsp3) is 0.320. The number of ketones is 1. The van der Waals surface area contributed by atoms with Gasteiger partial charge in [0.2, 0.25) is 17.3 Å². The third kappa shape index (κ3) is 6.03. The second-order valence-corrected chi connectivity index (χ2v) is 11.5. The summed E-state index contributed by atoms with van der Waals surface area (Å²) in [4.78, 5) is 60.2. The Morgan fingerprint density at radius 2 is 1.95 bits per heavy atom. The number of carbonyl (C=O) groups is 4. The number of oxime groups is 1. The smallest absolute Gasteiger partial charge is 0.352 e. The molecule has 2 atom stereocenters. The Morgan fingerprint density at radius 3 is 2.52 bits per heavy atom. The molecule has 0 bridgehead atoms. The lowest BCUT2D eigenvalue weighted by molar-refractivity contribution is -0.161. The number of hydrogen-bond acceptors (Lipinski definition) is 11. The first-order valence-corrected chi connectivity index (χ1v) is 14.1. The number of aliphatic carboxylic acids is 2. The average Bonchev–Trinajstić information content (AvgIpc) is 3.35. The number of hydrogen-bond donors (Lipinski definition) is 3. The number of halogens is 1. The zero-order valence-electron chi connectivity index (χ0n) is 21.2. The predicted molar refractivity (Wildman–Crippen MR) is 150 cm³/mol. The largest absolute Gasteiger partial charge is 0.478 e. The fourth-order valence-electron chi connectivity index (χ4n) is 3.86. The van der Waals surface area contributed by atoms with Crippen LogP contribution in [0.25, 0.3) is 6.08 Å². The number of carboxylic acids is 2. The van der Waals surface area contributed by atoms with Crippen LogP contribution in [0.15, 0.2) is 46.8 Å². The fourth-order valence-corrected chi connectivity index (χ4v) is 5.86. The lowest BCUT2D eigenvalue weighted by Gasteiger charge is -2.49. The van der Waals surface area contributed by atoms with Crippen molar-refractivity contribution in [2.24, 2.45) is 11.1 Å². The van der Waals surface area contributed by atoms with E-state index in [1.807, 2.05) is 24.3 Å². The normalized spacial score (nSPS) is 19.4. The summed E-state index contributed by atoms with van der Waals surface area (Å²) in [6.07, 6.45) is 3.09. The molecule has 15 heteroatoms. The number of alkyl halides is 1. The number of Topliss-reactive ketones (excluding diaryl/α,β-unsaturated/α-hetero) is 1. The zero-order valence-corrected chi connectivity index (χ0v) is 23.6. The van der Waals surface area contributed by atoms with Gasteiger partial charge in [-0.25, -0.2) is 9.59 Å². The minimum atomic E-state index is -1.76. The van der Waals surface area contributed by atoms with Crippen molar-refractivity contribution in [1.29, 1.82) is 0 Å². The lowest BCUT2D eigenvalue weighted by Crippen LogP contribution is -2.62. The summed E-state index contributed by atoms with van der Waals surface area (Å²) in [5.74, 6) is -4.09. The summed E-state index contributed by atoms with van der Waals surface area (Å²) >= 11 is 7.96. The predicted octanol–water partition coefficient (Wildman–Crippen LogP) is 2.99. The summed E-state index contributed by atoms with van der Waals surface area (Å²) in [5, 5.41) is 22.4. The van der Waals surface area contributed by atoms with E-state index < -0.39 is 40.5 Å². The molecule has 2 aromatic rings. The van der Waals surface area contributed by atoms with Gasteiger partial charge in [-0.2, -0.15) is 9.36 Å². The number of benzene rings is 1. The first kappa shape index (κ1) is 29.2. The highest BCUT2D eigenvalue weighted by Gasteiger charge is 2.54. The standard InChI is InChI=1S/C25H24ClN5O7S2/c1-25(2,23(36)37)38-29-17(19-28-24(27)40-30-19)16(32)9-15-20(33)31-18(22(34)35)14(11-39-21(15)31)8-7-12-3-5-13(10-26)6-4-12/h3-8,15,21H,9-11H2,1-2H3,(H,34,35)(H,36,37)(H2,27,28,30)/b8-7+,29-17+/t15-,21-/m1/s1. The number of nitrogen functional groups attached to an aromatic ring is 1. The van der Waals surface area contributed by atoms with E-state index in [4.69, 9.17) is 22.2 Å². The molecule has 0 unspecified atom stereocenters. The van der Waals surface area contributed by atoms with Crippen molar-refractivity contribution in [2.45, 2.75) is 37.1 Å². The minimum Gasteiger partial charge on any atom is -0.478 e. The van der Waals surface area contributed by atoms with Gasteiger partial charge in [0, 0.05) is 29.6 Å². The Balaban J connectivity index is 1.54. The topological polar surface area (TPSA) is 185 Å². The first-order chi connectivity index (χ1) is 18.9. The highest BCUT2D eigenvalue weighted by molar-refractivity contribution is 8.00. The maximum Gasteiger partial charge on any atom is 0.352 e. The van der Waals surface area contributed by atoms with Crippen LogP contribution in [0.5, 0.6) is 0 Å². The maximum absolute atomic E-state index is 13.2. The van der Waals surface area contributed by atoms with E-state index in [0.717, 1.165) is 22.7 Å². The van der Waals surface area contributed by atoms with Crippen molar-refractivity contribution in [3.63, 3.8) is 0 Å². The number of anilines is 1.